The van der Waals surface area contributed by atoms with Gasteiger partial charge in [0, 0.05) is 19.1 Å². The Labute approximate surface area is 256 Å². The lowest BCUT2D eigenvalue weighted by molar-refractivity contribution is -0.277. The van der Waals surface area contributed by atoms with Crippen molar-refractivity contribution in [2.24, 2.45) is 0 Å². The van der Waals surface area contributed by atoms with Gasteiger partial charge in [0.2, 0.25) is 0 Å². The highest BCUT2D eigenvalue weighted by Gasteiger charge is 2.64. The van der Waals surface area contributed by atoms with Crippen LogP contribution in [-0.2, 0) is 29.4 Å². The molecular formula is C35H51F3O5. The molecule has 0 aliphatic rings. The van der Waals surface area contributed by atoms with Crippen molar-refractivity contribution in [1.82, 2.24) is 0 Å². The molecule has 43 heavy (non-hydrogen) atoms. The van der Waals surface area contributed by atoms with E-state index in [-0.39, 0.29) is 0 Å². The first-order valence-corrected chi connectivity index (χ1v) is 15.8. The summed E-state index contributed by atoms with van der Waals surface area (Å²) in [5, 5.41) is 0. The highest BCUT2D eigenvalue weighted by Crippen LogP contribution is 2.43. The molecule has 0 fully saturated rings. The summed E-state index contributed by atoms with van der Waals surface area (Å²) in [6.45, 7) is 2.24. The molecule has 0 radical (unpaired) electrons. The molecule has 0 unspecified atom stereocenters. The maximum atomic E-state index is 14.1. The molecule has 0 spiro atoms. The Balaban J connectivity index is 2.34. The van der Waals surface area contributed by atoms with E-state index in [1.54, 1.807) is 0 Å². The summed E-state index contributed by atoms with van der Waals surface area (Å²) in [6.07, 6.45) is 17.3. The van der Waals surface area contributed by atoms with Crippen LogP contribution < -0.4 is 0 Å². The largest absolute Gasteiger partial charge is 0.466 e. The third kappa shape index (κ3) is 14.5. The number of benzene rings is 1. The Morgan fingerprint density at radius 3 is 1.79 bits per heavy atom. The number of esters is 2. The number of hydrogen-bond acceptors (Lipinski definition) is 5. The molecule has 0 aliphatic heterocycles. The van der Waals surface area contributed by atoms with Crippen LogP contribution in [0.2, 0.25) is 0 Å². The predicted molar refractivity (Wildman–Crippen MR) is 164 cm³/mol. The second-order valence-corrected chi connectivity index (χ2v) is 10.8. The number of carbonyl (C=O) groups excluding carboxylic acids is 2. The number of unbranched alkanes of at least 4 members (excludes halogenated alkanes) is 15. The van der Waals surface area contributed by atoms with Gasteiger partial charge in [-0.2, -0.15) is 13.2 Å². The summed E-state index contributed by atoms with van der Waals surface area (Å²) in [7, 11) is 1.81. The van der Waals surface area contributed by atoms with Crippen LogP contribution in [-0.4, -0.2) is 38.4 Å². The van der Waals surface area contributed by atoms with Gasteiger partial charge in [-0.15, -0.1) is 0 Å². The van der Waals surface area contributed by atoms with Crippen molar-refractivity contribution in [1.29, 1.82) is 0 Å². The smallest absolute Gasteiger partial charge is 0.432 e. The monoisotopic (exact) mass is 608 g/mol. The van der Waals surface area contributed by atoms with Gasteiger partial charge >= 0.3 is 18.1 Å². The van der Waals surface area contributed by atoms with Crippen molar-refractivity contribution in [3.63, 3.8) is 0 Å². The van der Waals surface area contributed by atoms with Gasteiger partial charge in [-0.1, -0.05) is 126 Å². The van der Waals surface area contributed by atoms with E-state index in [2.05, 4.69) is 35.7 Å². The lowest BCUT2D eigenvalue weighted by atomic mass is 9.92. The number of methoxy groups -OCH3 is 2. The molecule has 0 bridgehead atoms. The zero-order chi connectivity index (χ0) is 31.8. The van der Waals surface area contributed by atoms with Gasteiger partial charge in [0.25, 0.3) is 11.7 Å². The number of rotatable bonds is 22. The molecule has 0 saturated heterocycles. The number of halogens is 3. The number of carbonyl (C=O) groups is 2. The highest BCUT2D eigenvalue weighted by atomic mass is 19.4. The first-order chi connectivity index (χ1) is 20.7. The van der Waals surface area contributed by atoms with E-state index in [1.807, 2.05) is 0 Å². The number of hydrogen-bond donors (Lipinski definition) is 0. The summed E-state index contributed by atoms with van der Waals surface area (Å²) < 4.78 is 56.6. The fourth-order valence-corrected chi connectivity index (χ4v) is 4.80. The summed E-state index contributed by atoms with van der Waals surface area (Å²) in [4.78, 5) is 25.0. The van der Waals surface area contributed by atoms with Crippen molar-refractivity contribution in [3.8, 4) is 11.8 Å². The van der Waals surface area contributed by atoms with Crippen molar-refractivity contribution in [2.75, 3.05) is 14.2 Å². The molecule has 0 heterocycles. The normalized spacial score (nSPS) is 13.6. The van der Waals surface area contributed by atoms with Crippen molar-refractivity contribution < 1.29 is 37.0 Å². The van der Waals surface area contributed by atoms with Crippen LogP contribution in [0, 0.1) is 11.8 Å². The number of allylic oxidation sites excluding steroid dienone is 2. The Hall–Kier alpha value is -2.79. The van der Waals surface area contributed by atoms with Crippen LogP contribution in [0.5, 0.6) is 0 Å². The Bertz CT molecular complexity index is 981. The van der Waals surface area contributed by atoms with Crippen LogP contribution in [0.4, 0.5) is 13.2 Å². The van der Waals surface area contributed by atoms with Crippen molar-refractivity contribution >= 4 is 11.9 Å². The molecule has 1 rings (SSSR count). The summed E-state index contributed by atoms with van der Waals surface area (Å²) >= 11 is 0. The van der Waals surface area contributed by atoms with Crippen LogP contribution >= 0.6 is 0 Å². The molecule has 242 valence electrons. The van der Waals surface area contributed by atoms with Gasteiger partial charge in [-0.25, -0.2) is 9.59 Å². The van der Waals surface area contributed by atoms with Gasteiger partial charge in [0.05, 0.1) is 7.11 Å². The Morgan fingerprint density at radius 1 is 0.791 bits per heavy atom. The average molecular weight is 609 g/mol. The maximum Gasteiger partial charge on any atom is 0.432 e. The summed E-state index contributed by atoms with van der Waals surface area (Å²) in [5.41, 5.74) is -3.88. The van der Waals surface area contributed by atoms with Gasteiger partial charge < -0.3 is 14.2 Å². The van der Waals surface area contributed by atoms with Crippen molar-refractivity contribution in [2.45, 2.75) is 134 Å². The zero-order valence-electron chi connectivity index (χ0n) is 26.3. The van der Waals surface area contributed by atoms with Crippen LogP contribution in [0.15, 0.2) is 42.5 Å². The van der Waals surface area contributed by atoms with E-state index in [9.17, 15) is 22.8 Å². The second-order valence-electron chi connectivity index (χ2n) is 10.8. The molecule has 1 aromatic rings. The van der Waals surface area contributed by atoms with Gasteiger partial charge in [0.1, 0.15) is 0 Å². The summed E-state index contributed by atoms with van der Waals surface area (Å²) in [6, 6.07) is 6.40. The first-order valence-electron chi connectivity index (χ1n) is 15.8. The number of alkyl halides is 3. The SMILES string of the molecule is CCCCCC/C=C\CCCCCCCCCCCCC#C[C@@H](OC(=O)[C@@](OC)(c1ccccc1)C(F)(F)F)C(=O)OC. The number of ether oxygens (including phenoxy) is 3. The van der Waals surface area contributed by atoms with E-state index >= 15 is 0 Å². The van der Waals surface area contributed by atoms with Gasteiger partial charge in [-0.05, 0) is 38.0 Å². The van der Waals surface area contributed by atoms with Gasteiger partial charge in [0.15, 0.2) is 0 Å². The average Bonchev–Trinajstić information content (AvgIpc) is 2.99. The lowest BCUT2D eigenvalue weighted by Crippen LogP contribution is -2.53. The van der Waals surface area contributed by atoms with Crippen molar-refractivity contribution in [3.05, 3.63) is 48.0 Å². The summed E-state index contributed by atoms with van der Waals surface area (Å²) in [5.74, 6) is 2.37. The minimum atomic E-state index is -5.15. The lowest BCUT2D eigenvalue weighted by Gasteiger charge is -2.32. The third-order valence-corrected chi connectivity index (χ3v) is 7.36. The molecule has 5 nitrogen and oxygen atoms in total. The van der Waals surface area contributed by atoms with Gasteiger partial charge in [-0.3, -0.25) is 0 Å². The van der Waals surface area contributed by atoms with E-state index in [0.29, 0.717) is 6.42 Å². The third-order valence-electron chi connectivity index (χ3n) is 7.36. The minimum absolute atomic E-state index is 0.422. The van der Waals surface area contributed by atoms with E-state index in [0.717, 1.165) is 52.0 Å². The zero-order valence-corrected chi connectivity index (χ0v) is 26.3. The van der Waals surface area contributed by atoms with E-state index in [4.69, 9.17) is 9.47 Å². The highest BCUT2D eigenvalue weighted by molar-refractivity contribution is 5.87. The molecule has 8 heteroatoms. The Morgan fingerprint density at radius 2 is 1.30 bits per heavy atom. The standard InChI is InChI=1S/C35H51F3O5/c1-4-5-6-7-8-9-10-11-12-13-14-15-16-17-18-19-20-21-22-26-29-31(32(39)41-2)43-33(40)34(42-3,35(36,37)38)30-27-24-23-25-28-30/h9-10,23-25,27-28,31H,4-8,11-22H2,1-3H3/b10-9-/t31-,34+/m1/s1. The topological polar surface area (TPSA) is 61.8 Å². The Kier molecular flexibility index (Phi) is 20.2. The van der Waals surface area contributed by atoms with Crippen LogP contribution in [0.3, 0.4) is 0 Å². The molecule has 1 aromatic carbocycles. The predicted octanol–water partition coefficient (Wildman–Crippen LogP) is 9.39. The van der Waals surface area contributed by atoms with E-state index in [1.165, 1.54) is 95.2 Å². The molecular weight excluding hydrogens is 557 g/mol. The second kappa shape index (κ2) is 22.7. The van der Waals surface area contributed by atoms with Crippen LogP contribution in [0.1, 0.15) is 122 Å². The molecule has 0 N–H and O–H groups in total. The molecule has 0 amide bonds. The molecule has 0 aromatic heterocycles. The van der Waals surface area contributed by atoms with E-state index < -0.39 is 35.4 Å². The minimum Gasteiger partial charge on any atom is -0.466 e. The quantitative estimate of drug-likeness (QED) is 0.0568. The maximum absolute atomic E-state index is 14.1. The molecule has 0 saturated carbocycles. The molecule has 2 atom stereocenters. The first kappa shape index (κ1) is 38.2. The fraction of sp³-hybridized carbons (Fsp3) is 0.657. The molecule has 0 aliphatic carbocycles. The fourth-order valence-electron chi connectivity index (χ4n) is 4.80. The van der Waals surface area contributed by atoms with Crippen LogP contribution in [0.25, 0.3) is 0 Å².